The molecule has 6 rings (SSSR count). The highest BCUT2D eigenvalue weighted by Gasteiger charge is 2.57. The summed E-state index contributed by atoms with van der Waals surface area (Å²) in [5.41, 5.74) is 1.14. The predicted molar refractivity (Wildman–Crippen MR) is 130 cm³/mol. The fourth-order valence-electron chi connectivity index (χ4n) is 7.11. The molecule has 0 bridgehead atoms. The summed E-state index contributed by atoms with van der Waals surface area (Å²) in [5, 5.41) is 0. The van der Waals surface area contributed by atoms with E-state index in [1.165, 1.54) is 6.07 Å². The zero-order chi connectivity index (χ0) is 25.8. The molecule has 6 atom stereocenters. The van der Waals surface area contributed by atoms with Crippen LogP contribution in [0.3, 0.4) is 0 Å². The van der Waals surface area contributed by atoms with Crippen LogP contribution in [0, 0.1) is 29.6 Å². The number of fused-ring (bicyclic) bond motifs is 2. The van der Waals surface area contributed by atoms with E-state index in [9.17, 15) is 18.0 Å². The van der Waals surface area contributed by atoms with Crippen molar-refractivity contribution in [1.82, 2.24) is 4.98 Å². The highest BCUT2D eigenvalue weighted by molar-refractivity contribution is 5.75. The number of alkyl halides is 3. The lowest BCUT2D eigenvalue weighted by Crippen LogP contribution is -2.49. The van der Waals surface area contributed by atoms with Gasteiger partial charge in [0.05, 0.1) is 30.4 Å². The SMILES string of the molecule is C[C@H]1OC(=O)[C@@H]2C[C@@H]3CC4(CC[C@H]3C(/C=C/c3ccc(-c5cccc(C(F)(F)F)c5)cn3)[C@H]12)OCCO4. The number of carbonyl (C=O) groups excluding carboxylic acids is 1. The molecule has 37 heavy (non-hydrogen) atoms. The van der Waals surface area contributed by atoms with E-state index < -0.39 is 17.5 Å². The van der Waals surface area contributed by atoms with Gasteiger partial charge in [0.15, 0.2) is 5.79 Å². The Morgan fingerprint density at radius 2 is 1.92 bits per heavy atom. The molecule has 1 aromatic heterocycles. The molecule has 2 saturated heterocycles. The van der Waals surface area contributed by atoms with E-state index in [0.717, 1.165) is 43.5 Å². The zero-order valence-electron chi connectivity index (χ0n) is 20.6. The largest absolute Gasteiger partial charge is 0.462 e. The first-order valence-electron chi connectivity index (χ1n) is 13.0. The second-order valence-electron chi connectivity index (χ2n) is 10.8. The average Bonchev–Trinajstić information content (AvgIpc) is 3.45. The first kappa shape index (κ1) is 24.6. The van der Waals surface area contributed by atoms with Gasteiger partial charge in [-0.25, -0.2) is 0 Å². The van der Waals surface area contributed by atoms with Crippen LogP contribution in [0.5, 0.6) is 0 Å². The maximum Gasteiger partial charge on any atom is 0.416 e. The number of rotatable bonds is 3. The van der Waals surface area contributed by atoms with Gasteiger partial charge in [-0.05, 0) is 67.4 Å². The minimum Gasteiger partial charge on any atom is -0.462 e. The van der Waals surface area contributed by atoms with Crippen LogP contribution in [0.1, 0.15) is 43.9 Å². The van der Waals surface area contributed by atoms with E-state index in [2.05, 4.69) is 11.1 Å². The molecule has 5 nitrogen and oxygen atoms in total. The number of aromatic nitrogens is 1. The van der Waals surface area contributed by atoms with Crippen molar-refractivity contribution in [2.45, 2.75) is 50.7 Å². The fourth-order valence-corrected chi connectivity index (χ4v) is 7.11. The molecule has 2 aliphatic heterocycles. The van der Waals surface area contributed by atoms with Gasteiger partial charge in [-0.15, -0.1) is 0 Å². The van der Waals surface area contributed by atoms with Crippen LogP contribution in [0.15, 0.2) is 48.7 Å². The Morgan fingerprint density at radius 3 is 2.65 bits per heavy atom. The number of halogens is 3. The molecule has 0 amide bonds. The zero-order valence-corrected chi connectivity index (χ0v) is 20.6. The topological polar surface area (TPSA) is 57.7 Å². The van der Waals surface area contributed by atoms with Gasteiger partial charge in [0.1, 0.15) is 6.10 Å². The van der Waals surface area contributed by atoms with Gasteiger partial charge in [0.25, 0.3) is 0 Å². The van der Waals surface area contributed by atoms with Gasteiger partial charge >= 0.3 is 12.1 Å². The maximum atomic E-state index is 13.1. The highest BCUT2D eigenvalue weighted by Crippen LogP contribution is 2.56. The van der Waals surface area contributed by atoms with E-state index in [-0.39, 0.29) is 29.8 Å². The maximum absolute atomic E-state index is 13.1. The van der Waals surface area contributed by atoms with Crippen molar-refractivity contribution in [2.75, 3.05) is 13.2 Å². The molecule has 2 aromatic rings. The summed E-state index contributed by atoms with van der Waals surface area (Å²) in [6.45, 7) is 3.22. The van der Waals surface area contributed by atoms with Gasteiger partial charge < -0.3 is 14.2 Å². The molecule has 2 aliphatic carbocycles. The van der Waals surface area contributed by atoms with Crippen molar-refractivity contribution < 1.29 is 32.2 Å². The van der Waals surface area contributed by atoms with E-state index in [4.69, 9.17) is 14.2 Å². The van der Waals surface area contributed by atoms with Crippen LogP contribution in [0.4, 0.5) is 13.2 Å². The van der Waals surface area contributed by atoms with Gasteiger partial charge in [-0.3, -0.25) is 9.78 Å². The first-order valence-corrected chi connectivity index (χ1v) is 13.0. The van der Waals surface area contributed by atoms with E-state index in [1.807, 2.05) is 19.1 Å². The minimum atomic E-state index is -4.39. The monoisotopic (exact) mass is 513 g/mol. The van der Waals surface area contributed by atoms with Gasteiger partial charge in [-0.2, -0.15) is 13.2 Å². The summed E-state index contributed by atoms with van der Waals surface area (Å²) >= 11 is 0. The van der Waals surface area contributed by atoms with Crippen LogP contribution in [0.2, 0.25) is 0 Å². The molecule has 1 aromatic carbocycles. The van der Waals surface area contributed by atoms with Gasteiger partial charge in [0, 0.05) is 30.5 Å². The molecule has 2 saturated carbocycles. The van der Waals surface area contributed by atoms with Crippen molar-refractivity contribution in [3.05, 3.63) is 59.9 Å². The number of esters is 1. The number of hydrogen-bond donors (Lipinski definition) is 0. The van der Waals surface area contributed by atoms with E-state index >= 15 is 0 Å². The van der Waals surface area contributed by atoms with Crippen molar-refractivity contribution in [2.24, 2.45) is 29.6 Å². The molecule has 3 heterocycles. The van der Waals surface area contributed by atoms with Crippen LogP contribution < -0.4 is 0 Å². The van der Waals surface area contributed by atoms with Gasteiger partial charge in [0.2, 0.25) is 0 Å². The first-order chi connectivity index (χ1) is 17.7. The number of nitrogens with zero attached hydrogens (tertiary/aromatic N) is 1. The van der Waals surface area contributed by atoms with Gasteiger partial charge in [-0.1, -0.05) is 24.3 Å². The fraction of sp³-hybridized carbons (Fsp3) is 0.517. The lowest BCUT2D eigenvalue weighted by Gasteiger charge is -2.49. The Bertz CT molecular complexity index is 1190. The van der Waals surface area contributed by atoms with Crippen molar-refractivity contribution in [3.63, 3.8) is 0 Å². The summed E-state index contributed by atoms with van der Waals surface area (Å²) in [4.78, 5) is 17.2. The van der Waals surface area contributed by atoms with E-state index in [0.29, 0.717) is 36.2 Å². The number of ether oxygens (including phenoxy) is 3. The number of hydrogen-bond acceptors (Lipinski definition) is 5. The molecule has 1 spiro atoms. The molecule has 0 N–H and O–H groups in total. The standard InChI is InChI=1S/C29H30F3NO4/c1-17-26-24(23-9-10-28(35-11-12-36-28)15-20(23)14-25(26)27(34)37-17)8-7-22-6-5-19(16-33-22)18-3-2-4-21(13-18)29(30,31)32/h2-8,13,16-17,20,23-26H,9-12,14-15H2,1H3/b8-7+/t17-,20-,23-,24?,25-,26+/m1/s1. The Balaban J connectivity index is 1.24. The molecule has 4 aliphatic rings. The predicted octanol–water partition coefficient (Wildman–Crippen LogP) is 6.14. The molecule has 196 valence electrons. The lowest BCUT2D eigenvalue weighted by molar-refractivity contribution is -0.204. The number of benzene rings is 1. The van der Waals surface area contributed by atoms with E-state index in [1.54, 1.807) is 18.3 Å². The molecule has 8 heteroatoms. The molecular weight excluding hydrogens is 483 g/mol. The van der Waals surface area contributed by atoms with Crippen molar-refractivity contribution in [1.29, 1.82) is 0 Å². The molecule has 0 radical (unpaired) electrons. The Labute approximate surface area is 214 Å². The number of carbonyl (C=O) groups is 1. The average molecular weight is 514 g/mol. The molecule has 1 unspecified atom stereocenters. The van der Waals surface area contributed by atoms with Crippen molar-refractivity contribution >= 4 is 12.0 Å². The number of pyridine rings is 1. The third-order valence-corrected chi connectivity index (χ3v) is 8.76. The Hall–Kier alpha value is -2.71. The smallest absolute Gasteiger partial charge is 0.416 e. The van der Waals surface area contributed by atoms with Crippen molar-refractivity contribution in [3.8, 4) is 11.1 Å². The lowest BCUT2D eigenvalue weighted by atomic mass is 9.56. The number of allylic oxidation sites excluding steroid dienone is 1. The second-order valence-corrected chi connectivity index (χ2v) is 10.8. The summed E-state index contributed by atoms with van der Waals surface area (Å²) in [5.74, 6) is 0.262. The normalized spacial score (nSPS) is 32.9. The minimum absolute atomic E-state index is 0.106. The second kappa shape index (κ2) is 9.24. The Kier molecular flexibility index (Phi) is 6.15. The summed E-state index contributed by atoms with van der Waals surface area (Å²) in [6.07, 6.45) is 4.65. The number of cyclic esters (lactones) is 1. The summed E-state index contributed by atoms with van der Waals surface area (Å²) in [7, 11) is 0. The van der Waals surface area contributed by atoms with Crippen LogP contribution in [0.25, 0.3) is 17.2 Å². The third-order valence-electron chi connectivity index (χ3n) is 8.76. The summed E-state index contributed by atoms with van der Waals surface area (Å²) < 4.78 is 57.0. The molecular formula is C29H30F3NO4. The van der Waals surface area contributed by atoms with Crippen LogP contribution >= 0.6 is 0 Å². The summed E-state index contributed by atoms with van der Waals surface area (Å²) in [6, 6.07) is 8.87. The third kappa shape index (κ3) is 4.59. The Morgan fingerprint density at radius 1 is 1.11 bits per heavy atom. The van der Waals surface area contributed by atoms with Crippen LogP contribution in [-0.2, 0) is 25.2 Å². The quantitative estimate of drug-likeness (QED) is 0.462. The van der Waals surface area contributed by atoms with Crippen LogP contribution in [-0.4, -0.2) is 36.1 Å². The molecule has 4 fully saturated rings. The highest BCUT2D eigenvalue weighted by atomic mass is 19.4.